The van der Waals surface area contributed by atoms with E-state index in [1.54, 1.807) is 36.4 Å². The Bertz CT molecular complexity index is 960. The average Bonchev–Trinajstić information content (AvgIpc) is 3.05. The molecule has 1 aliphatic rings. The zero-order valence-electron chi connectivity index (χ0n) is 14.6. The van der Waals surface area contributed by atoms with Gasteiger partial charge in [-0.05, 0) is 41.5 Å². The molecule has 0 radical (unpaired) electrons. The van der Waals surface area contributed by atoms with E-state index in [0.717, 1.165) is 11.1 Å². The number of fused-ring (bicyclic) bond motifs is 1. The van der Waals surface area contributed by atoms with Crippen molar-refractivity contribution in [3.05, 3.63) is 59.2 Å². The minimum absolute atomic E-state index is 0.0766. The maximum absolute atomic E-state index is 12.1. The van der Waals surface area contributed by atoms with Gasteiger partial charge in [0.05, 0.1) is 7.11 Å². The van der Waals surface area contributed by atoms with E-state index in [0.29, 0.717) is 29.3 Å². The van der Waals surface area contributed by atoms with E-state index < -0.39 is 0 Å². The van der Waals surface area contributed by atoms with Crippen LogP contribution in [0.4, 0.5) is 5.69 Å². The number of nitriles is 1. The number of benzene rings is 2. The number of carbonyl (C=O) groups is 2. The lowest BCUT2D eigenvalue weighted by molar-refractivity contribution is -0.111. The molecule has 0 bridgehead atoms. The standard InChI is InChI=1S/C20H17N3O4/c1-26-18-10-13(2-6-17(18)27-9-8-21)3-7-19(24)23-15-5-4-14-12-22-20(25)16(14)11-15/h2-7,10-11H,9,12H2,1H3,(H,22,25)(H,23,24)/b7-3+. The van der Waals surface area contributed by atoms with E-state index in [1.165, 1.54) is 13.2 Å². The fourth-order valence-electron chi connectivity index (χ4n) is 2.66. The van der Waals surface area contributed by atoms with Gasteiger partial charge in [-0.15, -0.1) is 0 Å². The van der Waals surface area contributed by atoms with Gasteiger partial charge >= 0.3 is 0 Å². The number of methoxy groups -OCH3 is 1. The number of anilines is 1. The van der Waals surface area contributed by atoms with E-state index in [-0.39, 0.29) is 18.4 Å². The van der Waals surface area contributed by atoms with Gasteiger partial charge in [-0.25, -0.2) is 0 Å². The SMILES string of the molecule is COc1cc(/C=C/C(=O)Nc2ccc3c(c2)C(=O)NC3)ccc1OCC#N. The zero-order chi connectivity index (χ0) is 19.2. The van der Waals surface area contributed by atoms with Crippen LogP contribution in [0.3, 0.4) is 0 Å². The van der Waals surface area contributed by atoms with Gasteiger partial charge in [0.2, 0.25) is 5.91 Å². The molecule has 2 N–H and O–H groups in total. The second-order valence-corrected chi connectivity index (χ2v) is 5.73. The monoisotopic (exact) mass is 363 g/mol. The molecule has 136 valence electrons. The van der Waals surface area contributed by atoms with Crippen molar-refractivity contribution in [3.63, 3.8) is 0 Å². The van der Waals surface area contributed by atoms with Crippen LogP contribution in [0.2, 0.25) is 0 Å². The minimum atomic E-state index is -0.322. The normalized spacial score (nSPS) is 12.2. The third-order valence-corrected chi connectivity index (χ3v) is 3.97. The van der Waals surface area contributed by atoms with Crippen LogP contribution in [0, 0.1) is 11.3 Å². The van der Waals surface area contributed by atoms with Crippen LogP contribution in [0.1, 0.15) is 21.5 Å². The van der Waals surface area contributed by atoms with Gasteiger partial charge in [-0.1, -0.05) is 12.1 Å². The molecule has 2 aromatic carbocycles. The number of hydrogen-bond donors (Lipinski definition) is 2. The Kier molecular flexibility index (Phi) is 5.38. The molecule has 1 heterocycles. The predicted molar refractivity (Wildman–Crippen MR) is 99.4 cm³/mol. The van der Waals surface area contributed by atoms with Crippen molar-refractivity contribution in [1.29, 1.82) is 5.26 Å². The Morgan fingerprint density at radius 3 is 2.93 bits per heavy atom. The minimum Gasteiger partial charge on any atom is -0.493 e. The lowest BCUT2D eigenvalue weighted by Crippen LogP contribution is -2.13. The molecule has 2 aromatic rings. The summed E-state index contributed by atoms with van der Waals surface area (Å²) in [7, 11) is 1.50. The van der Waals surface area contributed by atoms with Crippen LogP contribution in [0.15, 0.2) is 42.5 Å². The van der Waals surface area contributed by atoms with Crippen molar-refractivity contribution >= 4 is 23.6 Å². The zero-order valence-corrected chi connectivity index (χ0v) is 14.6. The molecule has 3 rings (SSSR count). The molecule has 0 unspecified atom stereocenters. The Balaban J connectivity index is 1.67. The van der Waals surface area contributed by atoms with E-state index in [9.17, 15) is 9.59 Å². The molecule has 7 nitrogen and oxygen atoms in total. The van der Waals surface area contributed by atoms with Crippen LogP contribution in [0.25, 0.3) is 6.08 Å². The number of rotatable bonds is 6. The van der Waals surface area contributed by atoms with Crippen LogP contribution < -0.4 is 20.1 Å². The van der Waals surface area contributed by atoms with Crippen LogP contribution in [-0.4, -0.2) is 25.5 Å². The highest BCUT2D eigenvalue weighted by atomic mass is 16.5. The van der Waals surface area contributed by atoms with E-state index in [2.05, 4.69) is 10.6 Å². The maximum atomic E-state index is 12.1. The van der Waals surface area contributed by atoms with Crippen molar-refractivity contribution in [2.45, 2.75) is 6.54 Å². The molecular formula is C20H17N3O4. The maximum Gasteiger partial charge on any atom is 0.251 e. The summed E-state index contributed by atoms with van der Waals surface area (Å²) in [6.45, 7) is 0.435. The first-order valence-corrected chi connectivity index (χ1v) is 8.18. The number of nitrogens with one attached hydrogen (secondary N) is 2. The highest BCUT2D eigenvalue weighted by Gasteiger charge is 2.18. The molecule has 0 atom stereocenters. The van der Waals surface area contributed by atoms with Gasteiger partial charge < -0.3 is 20.1 Å². The lowest BCUT2D eigenvalue weighted by Gasteiger charge is -2.08. The molecule has 0 fully saturated rings. The lowest BCUT2D eigenvalue weighted by atomic mass is 10.1. The molecule has 0 saturated carbocycles. The Morgan fingerprint density at radius 2 is 2.15 bits per heavy atom. The summed E-state index contributed by atoms with van der Waals surface area (Å²) >= 11 is 0. The summed E-state index contributed by atoms with van der Waals surface area (Å²) < 4.78 is 10.5. The second-order valence-electron chi connectivity index (χ2n) is 5.73. The fourth-order valence-corrected chi connectivity index (χ4v) is 2.66. The smallest absolute Gasteiger partial charge is 0.251 e. The summed E-state index contributed by atoms with van der Waals surface area (Å²) in [4.78, 5) is 23.8. The molecule has 7 heteroatoms. The van der Waals surface area contributed by atoms with E-state index in [1.807, 2.05) is 12.1 Å². The first-order valence-electron chi connectivity index (χ1n) is 8.18. The number of nitrogens with zero attached hydrogens (tertiary/aromatic N) is 1. The third kappa shape index (κ3) is 4.25. The highest BCUT2D eigenvalue weighted by Crippen LogP contribution is 2.28. The fraction of sp³-hybridized carbons (Fsp3) is 0.150. The second kappa shape index (κ2) is 8.06. The predicted octanol–water partition coefficient (Wildman–Crippen LogP) is 2.49. The highest BCUT2D eigenvalue weighted by molar-refractivity contribution is 6.04. The van der Waals surface area contributed by atoms with Crippen LogP contribution >= 0.6 is 0 Å². The van der Waals surface area contributed by atoms with Crippen LogP contribution in [-0.2, 0) is 11.3 Å². The number of amides is 2. The first-order chi connectivity index (χ1) is 13.1. The van der Waals surface area contributed by atoms with Crippen molar-refractivity contribution in [1.82, 2.24) is 5.32 Å². The number of hydrogen-bond acceptors (Lipinski definition) is 5. The molecule has 0 saturated heterocycles. The molecule has 0 aliphatic carbocycles. The number of carbonyl (C=O) groups excluding carboxylic acids is 2. The molecule has 27 heavy (non-hydrogen) atoms. The summed E-state index contributed by atoms with van der Waals surface area (Å²) in [6.07, 6.45) is 3.02. The van der Waals surface area contributed by atoms with E-state index >= 15 is 0 Å². The van der Waals surface area contributed by atoms with Gasteiger partial charge in [-0.3, -0.25) is 9.59 Å². The molecular weight excluding hydrogens is 346 g/mol. The molecule has 1 aliphatic heterocycles. The average molecular weight is 363 g/mol. The van der Waals surface area contributed by atoms with Gasteiger partial charge in [0, 0.05) is 23.9 Å². The van der Waals surface area contributed by atoms with Crippen molar-refractivity contribution in [2.24, 2.45) is 0 Å². The topological polar surface area (TPSA) is 100 Å². The molecule has 2 amide bonds. The molecule has 0 spiro atoms. The molecule has 0 aromatic heterocycles. The summed E-state index contributed by atoms with van der Waals surface area (Å²) in [5, 5.41) is 14.1. The van der Waals surface area contributed by atoms with Gasteiger partial charge in [0.1, 0.15) is 6.07 Å². The largest absolute Gasteiger partial charge is 0.493 e. The number of ether oxygens (including phenoxy) is 2. The van der Waals surface area contributed by atoms with Crippen molar-refractivity contribution in [3.8, 4) is 17.6 Å². The van der Waals surface area contributed by atoms with Crippen molar-refractivity contribution < 1.29 is 19.1 Å². The summed E-state index contributed by atoms with van der Waals surface area (Å²) in [6, 6.07) is 12.3. The van der Waals surface area contributed by atoms with Crippen molar-refractivity contribution in [2.75, 3.05) is 19.0 Å². The van der Waals surface area contributed by atoms with Gasteiger partial charge in [0.25, 0.3) is 5.91 Å². The van der Waals surface area contributed by atoms with Gasteiger partial charge in [0.15, 0.2) is 18.1 Å². The van der Waals surface area contributed by atoms with Crippen LogP contribution in [0.5, 0.6) is 11.5 Å². The van der Waals surface area contributed by atoms with Gasteiger partial charge in [-0.2, -0.15) is 5.26 Å². The summed E-state index contributed by atoms with van der Waals surface area (Å²) in [5.41, 5.74) is 2.78. The Hall–Kier alpha value is -3.79. The Labute approximate surface area is 156 Å². The Morgan fingerprint density at radius 1 is 1.30 bits per heavy atom. The summed E-state index contributed by atoms with van der Waals surface area (Å²) in [5.74, 6) is 0.467. The third-order valence-electron chi connectivity index (χ3n) is 3.97. The van der Waals surface area contributed by atoms with E-state index in [4.69, 9.17) is 14.7 Å². The first kappa shape index (κ1) is 18.0. The quantitative estimate of drug-likeness (QED) is 0.768.